The molecular weight excluding hydrogens is 458 g/mol. The Kier molecular flexibility index (Phi) is 8.76. The standard InChI is InChI=1S/C29H38ClN3O2/c1-7-8-17-32(26(34)18-20(2)19-29(4,5)6)21(3)27-31-25-12-10-9-11-24(25)28(35)33(27)23-15-13-22(30)14-16-23/h9-16,20-21H,7-8,17-19H2,1-6H3. The molecule has 0 saturated heterocycles. The van der Waals surface area contributed by atoms with Gasteiger partial charge in [-0.15, -0.1) is 0 Å². The van der Waals surface area contributed by atoms with Crippen LogP contribution in [0.3, 0.4) is 0 Å². The largest absolute Gasteiger partial charge is 0.333 e. The van der Waals surface area contributed by atoms with E-state index in [0.717, 1.165) is 19.3 Å². The Hall–Kier alpha value is -2.66. The molecular formula is C29H38ClN3O2. The summed E-state index contributed by atoms with van der Waals surface area (Å²) in [5, 5.41) is 1.14. The number of unbranched alkanes of at least 4 members (excludes halogenated alkanes) is 1. The summed E-state index contributed by atoms with van der Waals surface area (Å²) in [6, 6.07) is 14.2. The molecule has 2 aromatic carbocycles. The lowest BCUT2D eigenvalue weighted by molar-refractivity contribution is -0.134. The third-order valence-electron chi connectivity index (χ3n) is 6.28. The molecule has 1 amide bonds. The van der Waals surface area contributed by atoms with Gasteiger partial charge in [0, 0.05) is 18.0 Å². The zero-order valence-electron chi connectivity index (χ0n) is 21.8. The Morgan fingerprint density at radius 1 is 1.09 bits per heavy atom. The Morgan fingerprint density at radius 2 is 1.74 bits per heavy atom. The molecule has 0 N–H and O–H groups in total. The van der Waals surface area contributed by atoms with Gasteiger partial charge in [0.05, 0.1) is 22.6 Å². The number of hydrogen-bond acceptors (Lipinski definition) is 3. The summed E-state index contributed by atoms with van der Waals surface area (Å²) in [5.41, 5.74) is 1.33. The van der Waals surface area contributed by atoms with Crippen LogP contribution in [0.1, 0.15) is 79.1 Å². The number of rotatable bonds is 9. The average molecular weight is 496 g/mol. The summed E-state index contributed by atoms with van der Waals surface area (Å²) in [4.78, 5) is 34.1. The van der Waals surface area contributed by atoms with Gasteiger partial charge in [-0.2, -0.15) is 0 Å². The summed E-state index contributed by atoms with van der Waals surface area (Å²) in [6.07, 6.45) is 3.31. The third-order valence-corrected chi connectivity index (χ3v) is 6.54. The number of nitrogens with zero attached hydrogens (tertiary/aromatic N) is 3. The van der Waals surface area contributed by atoms with Gasteiger partial charge < -0.3 is 4.90 Å². The fourth-order valence-corrected chi connectivity index (χ4v) is 4.93. The van der Waals surface area contributed by atoms with E-state index in [1.54, 1.807) is 22.8 Å². The lowest BCUT2D eigenvalue weighted by atomic mass is 9.84. The van der Waals surface area contributed by atoms with Gasteiger partial charge in [-0.25, -0.2) is 4.98 Å². The molecule has 2 atom stereocenters. The van der Waals surface area contributed by atoms with Crippen LogP contribution < -0.4 is 5.56 Å². The van der Waals surface area contributed by atoms with Crippen LogP contribution in [0.4, 0.5) is 0 Å². The van der Waals surface area contributed by atoms with Gasteiger partial charge in [-0.3, -0.25) is 14.2 Å². The molecule has 0 aliphatic carbocycles. The maximum absolute atomic E-state index is 13.7. The van der Waals surface area contributed by atoms with Crippen LogP contribution in [0.25, 0.3) is 16.6 Å². The van der Waals surface area contributed by atoms with Crippen LogP contribution >= 0.6 is 11.6 Å². The van der Waals surface area contributed by atoms with Crippen LogP contribution in [-0.4, -0.2) is 26.9 Å². The zero-order chi connectivity index (χ0) is 25.8. The molecule has 0 spiro atoms. The first-order valence-corrected chi connectivity index (χ1v) is 13.0. The summed E-state index contributed by atoms with van der Waals surface area (Å²) >= 11 is 6.12. The first-order valence-electron chi connectivity index (χ1n) is 12.6. The summed E-state index contributed by atoms with van der Waals surface area (Å²) < 4.78 is 1.63. The fourth-order valence-electron chi connectivity index (χ4n) is 4.80. The van der Waals surface area contributed by atoms with Crippen molar-refractivity contribution in [2.24, 2.45) is 11.3 Å². The second kappa shape index (κ2) is 11.4. The van der Waals surface area contributed by atoms with E-state index >= 15 is 0 Å². The van der Waals surface area contributed by atoms with E-state index in [0.29, 0.717) is 40.4 Å². The number of carbonyl (C=O) groups is 1. The van der Waals surface area contributed by atoms with Crippen molar-refractivity contribution in [3.63, 3.8) is 0 Å². The molecule has 3 rings (SSSR count). The normalized spacial score (nSPS) is 13.6. The first-order chi connectivity index (χ1) is 16.5. The Bertz CT molecular complexity index is 1210. The van der Waals surface area contributed by atoms with Crippen LogP contribution in [0.15, 0.2) is 53.3 Å². The van der Waals surface area contributed by atoms with Crippen molar-refractivity contribution in [1.82, 2.24) is 14.5 Å². The van der Waals surface area contributed by atoms with E-state index in [2.05, 4.69) is 34.6 Å². The third kappa shape index (κ3) is 6.72. The number of aromatic nitrogens is 2. The molecule has 0 aliphatic heterocycles. The Morgan fingerprint density at radius 3 is 2.37 bits per heavy atom. The van der Waals surface area contributed by atoms with E-state index in [1.165, 1.54) is 0 Å². The van der Waals surface area contributed by atoms with Gasteiger partial charge >= 0.3 is 0 Å². The van der Waals surface area contributed by atoms with E-state index in [4.69, 9.17) is 16.6 Å². The second-order valence-electron chi connectivity index (χ2n) is 10.8. The minimum Gasteiger partial charge on any atom is -0.333 e. The minimum absolute atomic E-state index is 0.104. The van der Waals surface area contributed by atoms with Gasteiger partial charge in [-0.05, 0) is 67.5 Å². The van der Waals surface area contributed by atoms with Crippen molar-refractivity contribution in [3.8, 4) is 5.69 Å². The maximum Gasteiger partial charge on any atom is 0.266 e. The van der Waals surface area contributed by atoms with E-state index in [1.807, 2.05) is 42.2 Å². The number of carbonyl (C=O) groups excluding carboxylic acids is 1. The highest BCUT2D eigenvalue weighted by Crippen LogP contribution is 2.29. The molecule has 188 valence electrons. The number of fused-ring (bicyclic) bond motifs is 1. The summed E-state index contributed by atoms with van der Waals surface area (Å²) in [6.45, 7) is 13.5. The fraction of sp³-hybridized carbons (Fsp3) is 0.483. The quantitative estimate of drug-likeness (QED) is 0.315. The number of para-hydroxylation sites is 1. The van der Waals surface area contributed by atoms with Crippen molar-refractivity contribution in [2.75, 3.05) is 6.54 Å². The van der Waals surface area contributed by atoms with Crippen LogP contribution in [0, 0.1) is 11.3 Å². The van der Waals surface area contributed by atoms with Gasteiger partial charge in [-0.1, -0.05) is 64.8 Å². The number of hydrogen-bond donors (Lipinski definition) is 0. The highest BCUT2D eigenvalue weighted by molar-refractivity contribution is 6.30. The predicted molar refractivity (Wildman–Crippen MR) is 145 cm³/mol. The number of benzene rings is 2. The Labute approximate surface area is 214 Å². The van der Waals surface area contributed by atoms with E-state index < -0.39 is 0 Å². The minimum atomic E-state index is -0.371. The molecule has 6 heteroatoms. The lowest BCUT2D eigenvalue weighted by Gasteiger charge is -2.32. The van der Waals surface area contributed by atoms with Gasteiger partial charge in [0.15, 0.2) is 0 Å². The van der Waals surface area contributed by atoms with Gasteiger partial charge in [0.25, 0.3) is 5.56 Å². The van der Waals surface area contributed by atoms with Crippen molar-refractivity contribution >= 4 is 28.4 Å². The van der Waals surface area contributed by atoms with E-state index in [9.17, 15) is 9.59 Å². The van der Waals surface area contributed by atoms with Gasteiger partial charge in [0.1, 0.15) is 5.82 Å². The molecule has 5 nitrogen and oxygen atoms in total. The molecule has 2 unspecified atom stereocenters. The monoisotopic (exact) mass is 495 g/mol. The van der Waals surface area contributed by atoms with Crippen molar-refractivity contribution in [1.29, 1.82) is 0 Å². The highest BCUT2D eigenvalue weighted by atomic mass is 35.5. The maximum atomic E-state index is 13.7. The molecule has 1 aromatic heterocycles. The van der Waals surface area contributed by atoms with Crippen molar-refractivity contribution in [2.45, 2.75) is 73.3 Å². The molecule has 0 bridgehead atoms. The highest BCUT2D eigenvalue weighted by Gasteiger charge is 2.28. The molecule has 0 radical (unpaired) electrons. The lowest BCUT2D eigenvalue weighted by Crippen LogP contribution is -2.38. The zero-order valence-corrected chi connectivity index (χ0v) is 22.6. The topological polar surface area (TPSA) is 55.2 Å². The van der Waals surface area contributed by atoms with E-state index in [-0.39, 0.29) is 28.8 Å². The average Bonchev–Trinajstić information content (AvgIpc) is 2.78. The second-order valence-corrected chi connectivity index (χ2v) is 11.2. The molecule has 0 aliphatic rings. The molecule has 1 heterocycles. The molecule has 0 fully saturated rings. The van der Waals surface area contributed by atoms with Crippen LogP contribution in [0.2, 0.25) is 5.02 Å². The van der Waals surface area contributed by atoms with Crippen molar-refractivity contribution < 1.29 is 4.79 Å². The number of amides is 1. The molecule has 3 aromatic rings. The first kappa shape index (κ1) is 26.9. The molecule has 0 saturated carbocycles. The van der Waals surface area contributed by atoms with Gasteiger partial charge in [0.2, 0.25) is 5.91 Å². The van der Waals surface area contributed by atoms with Crippen LogP contribution in [0.5, 0.6) is 0 Å². The predicted octanol–water partition coefficient (Wildman–Crippen LogP) is 7.19. The van der Waals surface area contributed by atoms with Crippen LogP contribution in [-0.2, 0) is 4.79 Å². The summed E-state index contributed by atoms with van der Waals surface area (Å²) in [7, 11) is 0. The summed E-state index contributed by atoms with van der Waals surface area (Å²) in [5.74, 6) is 0.929. The Balaban J connectivity index is 2.09. The molecule has 35 heavy (non-hydrogen) atoms. The SMILES string of the molecule is CCCCN(C(=O)CC(C)CC(C)(C)C)C(C)c1nc2ccccc2c(=O)n1-c1ccc(Cl)cc1. The number of halogens is 1. The smallest absolute Gasteiger partial charge is 0.266 e. The van der Waals surface area contributed by atoms with Crippen molar-refractivity contribution in [3.05, 3.63) is 69.7 Å².